The van der Waals surface area contributed by atoms with Crippen LogP contribution in [0.3, 0.4) is 0 Å². The molecule has 0 saturated carbocycles. The number of nitrogens with zero attached hydrogens (tertiary/aromatic N) is 1. The smallest absolute Gasteiger partial charge is 0.305 e. The van der Waals surface area contributed by atoms with Crippen molar-refractivity contribution in [2.24, 2.45) is 0 Å². The van der Waals surface area contributed by atoms with E-state index in [-0.39, 0.29) is 13.0 Å². The number of anilines is 1. The summed E-state index contributed by atoms with van der Waals surface area (Å²) in [5.41, 5.74) is 0.978. The van der Waals surface area contributed by atoms with Crippen LogP contribution in [-0.2, 0) is 9.53 Å². The molecule has 5 heteroatoms. The molecule has 1 rings (SSSR count). The predicted octanol–water partition coefficient (Wildman–Crippen LogP) is 0.977. The normalized spacial score (nSPS) is 10.3. The van der Waals surface area contributed by atoms with Gasteiger partial charge in [0.1, 0.15) is 0 Å². The molecule has 0 amide bonds. The molecule has 1 aromatic rings. The van der Waals surface area contributed by atoms with E-state index in [9.17, 15) is 4.79 Å². The third-order valence-electron chi connectivity index (χ3n) is 2.46. The van der Waals surface area contributed by atoms with Crippen LogP contribution >= 0.6 is 0 Å². The molecule has 0 aliphatic heterocycles. The second-order valence-corrected chi connectivity index (χ2v) is 3.80. The lowest BCUT2D eigenvalue weighted by atomic mass is 10.2. The van der Waals surface area contributed by atoms with Gasteiger partial charge in [0.2, 0.25) is 0 Å². The molecule has 0 radical (unpaired) electrons. The van der Waals surface area contributed by atoms with Crippen LogP contribution in [0.15, 0.2) is 30.3 Å². The van der Waals surface area contributed by atoms with Crippen LogP contribution in [0.2, 0.25) is 0 Å². The summed E-state index contributed by atoms with van der Waals surface area (Å²) in [4.78, 5) is 12.6. The van der Waals surface area contributed by atoms with Gasteiger partial charge in [0, 0.05) is 18.8 Å². The summed E-state index contributed by atoms with van der Waals surface area (Å²) in [5, 5.41) is 17.3. The third-order valence-corrected chi connectivity index (χ3v) is 2.46. The molecule has 0 spiro atoms. The lowest BCUT2D eigenvalue weighted by Gasteiger charge is -2.24. The van der Waals surface area contributed by atoms with Gasteiger partial charge in [-0.1, -0.05) is 18.2 Å². The number of carbonyl (C=O) groups is 1. The van der Waals surface area contributed by atoms with Crippen molar-refractivity contribution in [2.45, 2.75) is 6.42 Å². The molecule has 0 fully saturated rings. The minimum Gasteiger partial charge on any atom is -0.481 e. The Bertz CT molecular complexity index is 342. The molecular weight excluding hydrogens is 234 g/mol. The predicted molar refractivity (Wildman–Crippen MR) is 68.8 cm³/mol. The Balaban J connectivity index is 2.49. The number of ether oxygens (including phenoxy) is 1. The lowest BCUT2D eigenvalue weighted by Crippen LogP contribution is -2.30. The maximum absolute atomic E-state index is 10.6. The fraction of sp³-hybridized carbons (Fsp3) is 0.462. The molecule has 5 nitrogen and oxygen atoms in total. The SMILES string of the molecule is O=C(O)CCN(CCOCCO)c1ccccc1. The number of carboxylic acid groups (broad SMARTS) is 1. The molecule has 1 aromatic carbocycles. The van der Waals surface area contributed by atoms with Gasteiger partial charge in [-0.15, -0.1) is 0 Å². The third kappa shape index (κ3) is 5.65. The molecule has 0 aliphatic rings. The second kappa shape index (κ2) is 8.49. The molecule has 18 heavy (non-hydrogen) atoms. The standard InChI is InChI=1S/C13H19NO4/c15-9-11-18-10-8-14(7-6-13(16)17)12-4-2-1-3-5-12/h1-5,15H,6-11H2,(H,16,17). The van der Waals surface area contributed by atoms with E-state index in [0.29, 0.717) is 26.3 Å². The number of carboxylic acids is 1. The largest absolute Gasteiger partial charge is 0.481 e. The molecule has 0 aromatic heterocycles. The van der Waals surface area contributed by atoms with E-state index < -0.39 is 5.97 Å². The van der Waals surface area contributed by atoms with Gasteiger partial charge in [-0.2, -0.15) is 0 Å². The van der Waals surface area contributed by atoms with Crippen molar-refractivity contribution >= 4 is 11.7 Å². The molecule has 0 aliphatic carbocycles. The van der Waals surface area contributed by atoms with Gasteiger partial charge in [-0.25, -0.2) is 0 Å². The van der Waals surface area contributed by atoms with Crippen LogP contribution in [0, 0.1) is 0 Å². The van der Waals surface area contributed by atoms with Crippen molar-refractivity contribution in [1.82, 2.24) is 0 Å². The van der Waals surface area contributed by atoms with Crippen molar-refractivity contribution in [3.8, 4) is 0 Å². The summed E-state index contributed by atoms with van der Waals surface area (Å²) in [6.07, 6.45) is 0.0922. The number of para-hydroxylation sites is 1. The maximum Gasteiger partial charge on any atom is 0.305 e. The van der Waals surface area contributed by atoms with E-state index >= 15 is 0 Å². The summed E-state index contributed by atoms with van der Waals surface area (Å²) in [6.45, 7) is 1.83. The number of hydrogen-bond donors (Lipinski definition) is 2. The minimum absolute atomic E-state index is 0.000459. The van der Waals surface area contributed by atoms with E-state index in [1.165, 1.54) is 0 Å². The first kappa shape index (κ1) is 14.5. The zero-order valence-electron chi connectivity index (χ0n) is 10.3. The van der Waals surface area contributed by atoms with Crippen LogP contribution in [0.5, 0.6) is 0 Å². The molecular formula is C13H19NO4. The Hall–Kier alpha value is -1.59. The number of hydrogen-bond acceptors (Lipinski definition) is 4. The summed E-state index contributed by atoms with van der Waals surface area (Å²) in [5.74, 6) is -0.813. The summed E-state index contributed by atoms with van der Waals surface area (Å²) >= 11 is 0. The summed E-state index contributed by atoms with van der Waals surface area (Å²) < 4.78 is 5.20. The van der Waals surface area contributed by atoms with Crippen LogP contribution < -0.4 is 4.90 Å². The van der Waals surface area contributed by atoms with E-state index in [1.807, 2.05) is 35.2 Å². The van der Waals surface area contributed by atoms with Crippen molar-refractivity contribution in [3.05, 3.63) is 30.3 Å². The van der Waals surface area contributed by atoms with E-state index in [1.54, 1.807) is 0 Å². The molecule has 0 atom stereocenters. The van der Waals surface area contributed by atoms with Gasteiger partial charge in [-0.05, 0) is 12.1 Å². The first-order valence-electron chi connectivity index (χ1n) is 5.94. The zero-order chi connectivity index (χ0) is 13.2. The first-order valence-corrected chi connectivity index (χ1v) is 5.94. The summed E-state index contributed by atoms with van der Waals surface area (Å²) in [7, 11) is 0. The monoisotopic (exact) mass is 253 g/mol. The highest BCUT2D eigenvalue weighted by Gasteiger charge is 2.08. The number of aliphatic hydroxyl groups excluding tert-OH is 1. The molecule has 0 unspecified atom stereocenters. The molecule has 0 bridgehead atoms. The maximum atomic E-state index is 10.6. The fourth-order valence-corrected chi connectivity index (χ4v) is 1.58. The van der Waals surface area contributed by atoms with Crippen molar-refractivity contribution in [1.29, 1.82) is 0 Å². The highest BCUT2D eigenvalue weighted by atomic mass is 16.5. The Morgan fingerprint density at radius 1 is 1.17 bits per heavy atom. The highest BCUT2D eigenvalue weighted by molar-refractivity contribution is 5.67. The number of aliphatic hydroxyl groups is 1. The van der Waals surface area contributed by atoms with Crippen molar-refractivity contribution < 1.29 is 19.7 Å². The number of aliphatic carboxylic acids is 1. The van der Waals surface area contributed by atoms with Gasteiger partial charge in [0.05, 0.1) is 26.2 Å². The second-order valence-electron chi connectivity index (χ2n) is 3.80. The topological polar surface area (TPSA) is 70.0 Å². The average Bonchev–Trinajstić information content (AvgIpc) is 2.38. The van der Waals surface area contributed by atoms with Crippen LogP contribution in [0.1, 0.15) is 6.42 Å². The number of benzene rings is 1. The van der Waals surface area contributed by atoms with Gasteiger partial charge in [-0.3, -0.25) is 4.79 Å². The summed E-state index contributed by atoms with van der Waals surface area (Å²) in [6, 6.07) is 9.62. The molecule has 0 saturated heterocycles. The zero-order valence-corrected chi connectivity index (χ0v) is 10.3. The van der Waals surface area contributed by atoms with Gasteiger partial charge in [0.25, 0.3) is 0 Å². The van der Waals surface area contributed by atoms with Crippen LogP contribution in [0.25, 0.3) is 0 Å². The van der Waals surface area contributed by atoms with E-state index in [4.69, 9.17) is 14.9 Å². The van der Waals surface area contributed by atoms with Gasteiger partial charge in [0.15, 0.2) is 0 Å². The Morgan fingerprint density at radius 2 is 1.89 bits per heavy atom. The van der Waals surface area contributed by atoms with Crippen molar-refractivity contribution in [3.63, 3.8) is 0 Å². The Labute approximate surface area is 107 Å². The first-order chi connectivity index (χ1) is 8.74. The molecule has 2 N–H and O–H groups in total. The van der Waals surface area contributed by atoms with Crippen LogP contribution in [-0.4, -0.2) is 49.1 Å². The quantitative estimate of drug-likeness (QED) is 0.642. The Kier molecular flexibility index (Phi) is 6.83. The Morgan fingerprint density at radius 3 is 2.50 bits per heavy atom. The van der Waals surface area contributed by atoms with E-state index in [0.717, 1.165) is 5.69 Å². The molecule has 100 valence electrons. The number of rotatable bonds is 9. The van der Waals surface area contributed by atoms with Crippen LogP contribution in [0.4, 0.5) is 5.69 Å². The average molecular weight is 253 g/mol. The van der Waals surface area contributed by atoms with Gasteiger partial charge < -0.3 is 19.8 Å². The lowest BCUT2D eigenvalue weighted by molar-refractivity contribution is -0.136. The van der Waals surface area contributed by atoms with E-state index in [2.05, 4.69) is 0 Å². The molecule has 0 heterocycles. The van der Waals surface area contributed by atoms with Gasteiger partial charge >= 0.3 is 5.97 Å². The highest BCUT2D eigenvalue weighted by Crippen LogP contribution is 2.13. The van der Waals surface area contributed by atoms with Crippen molar-refractivity contribution in [2.75, 3.05) is 37.8 Å². The minimum atomic E-state index is -0.813. The fourth-order valence-electron chi connectivity index (χ4n) is 1.58.